The van der Waals surface area contributed by atoms with Gasteiger partial charge >= 0.3 is 12.2 Å². The van der Waals surface area contributed by atoms with Crippen molar-refractivity contribution in [3.05, 3.63) is 52.7 Å². The Morgan fingerprint density at radius 3 is 2.41 bits per heavy atom. The van der Waals surface area contributed by atoms with Crippen LogP contribution in [0.5, 0.6) is 11.5 Å². The fraction of sp³-hybridized carbons (Fsp3) is 0.541. The van der Waals surface area contributed by atoms with Crippen LogP contribution in [0.15, 0.2) is 35.3 Å². The van der Waals surface area contributed by atoms with E-state index in [1.807, 2.05) is 18.2 Å². The summed E-state index contributed by atoms with van der Waals surface area (Å²) in [6, 6.07) is 9.15. The lowest BCUT2D eigenvalue weighted by Crippen LogP contribution is -2.74. The van der Waals surface area contributed by atoms with Crippen LogP contribution in [0.2, 0.25) is 0 Å². The monoisotopic (exact) mass is 671 g/mol. The number of piperidine rings is 1. The van der Waals surface area contributed by atoms with E-state index in [9.17, 15) is 19.8 Å². The molecule has 1 aromatic heterocycles. The molecule has 2 fully saturated rings. The van der Waals surface area contributed by atoms with Crippen molar-refractivity contribution in [1.82, 2.24) is 20.5 Å². The Balaban J connectivity index is 1.26. The van der Waals surface area contributed by atoms with E-state index < -0.39 is 40.5 Å². The number of aromatic nitrogens is 1. The van der Waals surface area contributed by atoms with E-state index in [1.54, 1.807) is 53.7 Å². The number of nitrogens with zero attached hydrogens (tertiary/aromatic N) is 2. The Morgan fingerprint density at radius 2 is 1.76 bits per heavy atom. The highest BCUT2D eigenvalue weighted by Crippen LogP contribution is 2.69. The predicted molar refractivity (Wildman–Crippen MR) is 182 cm³/mol. The summed E-state index contributed by atoms with van der Waals surface area (Å²) in [5.41, 5.74) is 1.49. The molecule has 3 aromatic rings. The molecule has 49 heavy (non-hydrogen) atoms. The van der Waals surface area contributed by atoms with Gasteiger partial charge in [-0.2, -0.15) is 0 Å². The molecular formula is C37H45N5O7. The molecular weight excluding hydrogens is 626 g/mol. The zero-order chi connectivity index (χ0) is 34.7. The van der Waals surface area contributed by atoms with Crippen molar-refractivity contribution in [2.24, 2.45) is 10.9 Å². The Labute approximate surface area is 285 Å². The van der Waals surface area contributed by atoms with Gasteiger partial charge in [0.25, 0.3) is 0 Å². The van der Waals surface area contributed by atoms with Gasteiger partial charge in [-0.3, -0.25) is 15.5 Å². The molecule has 3 aliphatic carbocycles. The van der Waals surface area contributed by atoms with Gasteiger partial charge in [-0.05, 0) is 109 Å². The minimum Gasteiger partial charge on any atom is -0.504 e. The third-order valence-electron chi connectivity index (χ3n) is 10.6. The number of aliphatic imine (C=N–C) groups is 1. The molecule has 2 amide bonds. The van der Waals surface area contributed by atoms with E-state index in [0.717, 1.165) is 46.4 Å². The van der Waals surface area contributed by atoms with Crippen LogP contribution < -0.4 is 15.4 Å². The van der Waals surface area contributed by atoms with Crippen molar-refractivity contribution in [3.8, 4) is 11.5 Å². The first-order valence-electron chi connectivity index (χ1n) is 17.3. The van der Waals surface area contributed by atoms with Crippen LogP contribution in [0.1, 0.15) is 89.3 Å². The molecule has 2 aromatic carbocycles. The number of hydrogen-bond donors (Lipinski definition) is 5. The minimum absolute atomic E-state index is 0.0813. The molecule has 8 rings (SSSR count). The molecule has 0 unspecified atom stereocenters. The van der Waals surface area contributed by atoms with Crippen molar-refractivity contribution in [1.29, 1.82) is 0 Å². The Hall–Kier alpha value is -4.29. The van der Waals surface area contributed by atoms with Crippen molar-refractivity contribution < 1.29 is 34.0 Å². The second-order valence-corrected chi connectivity index (χ2v) is 16.4. The number of hydrogen-bond acceptors (Lipinski definition) is 9. The van der Waals surface area contributed by atoms with E-state index in [4.69, 9.17) is 19.2 Å². The van der Waals surface area contributed by atoms with E-state index in [-0.39, 0.29) is 17.8 Å². The highest BCUT2D eigenvalue weighted by Gasteiger charge is 2.73. The van der Waals surface area contributed by atoms with Gasteiger partial charge in [0.1, 0.15) is 11.2 Å². The third kappa shape index (κ3) is 5.13. The maximum Gasteiger partial charge on any atom is 0.414 e. The number of carbonyl (C=O) groups excluding carboxylic acids is 2. The molecule has 1 saturated carbocycles. The number of aromatic amines is 1. The average Bonchev–Trinajstić information content (AvgIpc) is 3.61. The average molecular weight is 672 g/mol. The lowest BCUT2D eigenvalue weighted by molar-refractivity contribution is -0.173. The van der Waals surface area contributed by atoms with Crippen molar-refractivity contribution >= 4 is 34.7 Å². The van der Waals surface area contributed by atoms with Gasteiger partial charge in [-0.25, -0.2) is 14.6 Å². The summed E-state index contributed by atoms with van der Waals surface area (Å²) in [5.74, 6) is 1.04. The van der Waals surface area contributed by atoms with Gasteiger partial charge in [-0.15, -0.1) is 0 Å². The summed E-state index contributed by atoms with van der Waals surface area (Å²) in [5, 5.41) is 30.2. The molecule has 4 atom stereocenters. The lowest BCUT2D eigenvalue weighted by Gasteiger charge is -2.62. The quantitative estimate of drug-likeness (QED) is 0.178. The van der Waals surface area contributed by atoms with Crippen LogP contribution in [-0.4, -0.2) is 74.2 Å². The molecule has 1 spiro atoms. The van der Waals surface area contributed by atoms with Crippen LogP contribution in [0.3, 0.4) is 0 Å². The first kappa shape index (κ1) is 31.9. The zero-order valence-electron chi connectivity index (χ0n) is 28.9. The fourth-order valence-electron chi connectivity index (χ4n) is 8.76. The lowest BCUT2D eigenvalue weighted by atomic mass is 9.49. The smallest absolute Gasteiger partial charge is 0.414 e. The maximum atomic E-state index is 13.3. The van der Waals surface area contributed by atoms with Crippen molar-refractivity contribution in [2.75, 3.05) is 13.1 Å². The van der Waals surface area contributed by atoms with Gasteiger partial charge in [0.15, 0.2) is 17.6 Å². The zero-order valence-corrected chi connectivity index (χ0v) is 28.9. The van der Waals surface area contributed by atoms with E-state index in [2.05, 4.69) is 20.5 Å². The van der Waals surface area contributed by atoms with E-state index in [1.165, 1.54) is 12.8 Å². The number of amides is 2. The summed E-state index contributed by atoms with van der Waals surface area (Å²) in [6.45, 7) is 12.3. The molecule has 3 heterocycles. The van der Waals surface area contributed by atoms with E-state index in [0.29, 0.717) is 36.6 Å². The van der Waals surface area contributed by atoms with Crippen LogP contribution in [-0.2, 0) is 27.7 Å². The molecule has 260 valence electrons. The number of phenols is 1. The van der Waals surface area contributed by atoms with Crippen molar-refractivity contribution in [3.63, 3.8) is 0 Å². The topological polar surface area (TPSA) is 158 Å². The molecule has 1 saturated heterocycles. The number of nitrogens with one attached hydrogen (secondary N) is 3. The summed E-state index contributed by atoms with van der Waals surface area (Å²) in [6.07, 6.45) is 2.00. The van der Waals surface area contributed by atoms with Crippen LogP contribution in [0.25, 0.3) is 10.9 Å². The Morgan fingerprint density at radius 1 is 1.06 bits per heavy atom. The highest BCUT2D eigenvalue weighted by atomic mass is 16.6. The molecule has 5 N–H and O–H groups in total. The van der Waals surface area contributed by atoms with Gasteiger partial charge in [0.2, 0.25) is 5.96 Å². The summed E-state index contributed by atoms with van der Waals surface area (Å²) < 4.78 is 17.7. The number of rotatable bonds is 3. The van der Waals surface area contributed by atoms with Gasteiger partial charge in [0, 0.05) is 35.5 Å². The van der Waals surface area contributed by atoms with Crippen LogP contribution >= 0.6 is 0 Å². The SMILES string of the molecule is CC(C)(C)OC(=O)NC(=Nc1cccc2[nH]c3c(c12)C[C@@]1(O)[C@@H]2Cc4ccc(O)c5c4[C@@]1(CCN2CC1CC1)[C@H]3O5)NC(=O)OC(C)(C)C. The van der Waals surface area contributed by atoms with Gasteiger partial charge < -0.3 is 29.4 Å². The minimum atomic E-state index is -1.19. The first-order valence-corrected chi connectivity index (χ1v) is 17.3. The number of guanidine groups is 1. The number of fused-ring (bicyclic) bond motifs is 4. The standard InChI is InChI=1S/C37H45N5O7/c1-34(2,3)48-32(44)40-31(41-33(45)49-35(4,5)6)39-23-9-7-8-22-26(23)21-17-37(46)25-16-20-12-13-24(43)29-27(20)36(37,30(47-29)28(21)38-22)14-15-42(25)18-19-10-11-19/h7-9,12-13,19,25,30,38,43,46H,10-11,14-18H2,1-6H3,(H2,39,40,41,44,45)/t25-,30-,36-,37+/m0/s1. The number of aromatic hydroxyl groups is 1. The molecule has 5 aliphatic rings. The molecule has 2 bridgehead atoms. The normalized spacial score (nSPS) is 26.7. The summed E-state index contributed by atoms with van der Waals surface area (Å²) >= 11 is 0. The molecule has 12 nitrogen and oxygen atoms in total. The predicted octanol–water partition coefficient (Wildman–Crippen LogP) is 5.61. The first-order chi connectivity index (χ1) is 23.1. The van der Waals surface area contributed by atoms with Crippen LogP contribution in [0.4, 0.5) is 15.3 Å². The number of phenolic OH excluding ortho intramolecular Hbond substituents is 1. The van der Waals surface area contributed by atoms with Crippen LogP contribution in [0, 0.1) is 5.92 Å². The number of alkyl carbamates (subject to hydrolysis) is 2. The molecule has 0 radical (unpaired) electrons. The second-order valence-electron chi connectivity index (χ2n) is 16.4. The number of H-pyrrole nitrogens is 1. The number of ether oxygens (including phenoxy) is 3. The molecule has 2 aliphatic heterocycles. The Bertz CT molecular complexity index is 1890. The van der Waals surface area contributed by atoms with Gasteiger partial charge in [-0.1, -0.05) is 12.1 Å². The third-order valence-corrected chi connectivity index (χ3v) is 10.6. The number of aliphatic hydroxyl groups is 1. The highest BCUT2D eigenvalue weighted by molar-refractivity contribution is 6.05. The van der Waals surface area contributed by atoms with Gasteiger partial charge in [0.05, 0.1) is 22.4 Å². The largest absolute Gasteiger partial charge is 0.504 e. The number of benzene rings is 2. The Kier molecular flexibility index (Phi) is 6.91. The van der Waals surface area contributed by atoms with Crippen molar-refractivity contribution in [2.45, 2.75) is 108 Å². The maximum absolute atomic E-state index is 13.3. The second kappa shape index (κ2) is 10.6. The molecule has 12 heteroatoms. The summed E-state index contributed by atoms with van der Waals surface area (Å²) in [7, 11) is 0. The number of carbonyl (C=O) groups is 2. The van der Waals surface area contributed by atoms with E-state index >= 15 is 0 Å². The fourth-order valence-corrected chi connectivity index (χ4v) is 8.76. The summed E-state index contributed by atoms with van der Waals surface area (Å²) in [4.78, 5) is 36.7. The number of likely N-dealkylation sites (tertiary alicyclic amines) is 1.